The molecule has 1 aliphatic rings. The molecule has 2 aromatic rings. The minimum Gasteiger partial charge on any atom is -0.379 e. The summed E-state index contributed by atoms with van der Waals surface area (Å²) in [5.74, 6) is -1.36. The highest BCUT2D eigenvalue weighted by molar-refractivity contribution is 6.35. The lowest BCUT2D eigenvalue weighted by atomic mass is 9.99. The monoisotopic (exact) mass is 463 g/mol. The first kappa shape index (κ1) is 23.0. The van der Waals surface area contributed by atoms with Gasteiger partial charge in [-0.3, -0.25) is 14.5 Å². The first-order chi connectivity index (χ1) is 14.8. The lowest BCUT2D eigenvalue weighted by molar-refractivity contribution is 0.0383. The number of carbonyl (C=O) groups excluding carboxylic acids is 2. The first-order valence-electron chi connectivity index (χ1n) is 9.66. The van der Waals surface area contributed by atoms with Crippen molar-refractivity contribution >= 4 is 41.0 Å². The second-order valence-corrected chi connectivity index (χ2v) is 7.82. The highest BCUT2D eigenvalue weighted by Crippen LogP contribution is 2.32. The van der Waals surface area contributed by atoms with Crippen LogP contribution in [0.4, 0.5) is 0 Å². The van der Waals surface area contributed by atoms with E-state index in [-0.39, 0.29) is 23.0 Å². The van der Waals surface area contributed by atoms with Crippen LogP contribution in [0.5, 0.6) is 0 Å². The molecular weight excluding hydrogens is 441 g/mol. The average molecular weight is 464 g/mol. The number of nitrogens with zero attached hydrogens (tertiary/aromatic N) is 2. The highest BCUT2D eigenvalue weighted by atomic mass is 35.5. The van der Waals surface area contributed by atoms with Gasteiger partial charge in [-0.2, -0.15) is 4.99 Å². The number of hydrogen-bond acceptors (Lipinski definition) is 4. The third kappa shape index (κ3) is 6.41. The van der Waals surface area contributed by atoms with E-state index in [2.05, 4.69) is 15.2 Å². The standard InChI is InChI=1S/C21H23Cl2N5O3/c22-16-1-2-18(23)17(12-16)13-9-14(11-15(10-13)20(30)27-21(24)25)19(29)26-3-4-28-5-7-31-8-6-28/h1-2,9-12H,3-8H2,(H,26,29)(H4,24,25,27,30). The fraction of sp³-hybridized carbons (Fsp3) is 0.286. The topological polar surface area (TPSA) is 123 Å². The second-order valence-electron chi connectivity index (χ2n) is 6.97. The number of hydrogen-bond donors (Lipinski definition) is 3. The molecule has 164 valence electrons. The Morgan fingerprint density at radius 2 is 1.77 bits per heavy atom. The van der Waals surface area contributed by atoms with E-state index in [4.69, 9.17) is 39.4 Å². The number of nitrogens with two attached hydrogens (primary N) is 2. The molecule has 0 unspecified atom stereocenters. The summed E-state index contributed by atoms with van der Waals surface area (Å²) in [5.41, 5.74) is 12.2. The number of halogens is 2. The Hall–Kier alpha value is -2.65. The van der Waals surface area contributed by atoms with Gasteiger partial charge in [0.05, 0.1) is 13.2 Å². The van der Waals surface area contributed by atoms with Crippen LogP contribution in [-0.4, -0.2) is 62.1 Å². The number of nitrogens with one attached hydrogen (secondary N) is 1. The van der Waals surface area contributed by atoms with Crippen LogP contribution in [0.15, 0.2) is 41.4 Å². The van der Waals surface area contributed by atoms with Gasteiger partial charge in [0.2, 0.25) is 0 Å². The van der Waals surface area contributed by atoms with Crippen molar-refractivity contribution in [3.05, 3.63) is 57.6 Å². The van der Waals surface area contributed by atoms with Gasteiger partial charge in [-0.25, -0.2) is 0 Å². The molecule has 8 nitrogen and oxygen atoms in total. The van der Waals surface area contributed by atoms with Crippen molar-refractivity contribution in [3.63, 3.8) is 0 Å². The molecule has 0 saturated carbocycles. The smallest absolute Gasteiger partial charge is 0.280 e. The number of benzene rings is 2. The minimum absolute atomic E-state index is 0.153. The molecule has 3 rings (SSSR count). The minimum atomic E-state index is -0.664. The summed E-state index contributed by atoms with van der Waals surface area (Å²) in [7, 11) is 0. The maximum absolute atomic E-state index is 12.8. The summed E-state index contributed by atoms with van der Waals surface area (Å²) in [5, 5.41) is 3.78. The molecule has 1 heterocycles. The van der Waals surface area contributed by atoms with Gasteiger partial charge >= 0.3 is 0 Å². The summed E-state index contributed by atoms with van der Waals surface area (Å²) in [6.07, 6.45) is 0. The molecule has 1 fully saturated rings. The molecule has 0 spiro atoms. The van der Waals surface area contributed by atoms with Gasteiger partial charge in [0.25, 0.3) is 11.8 Å². The number of ether oxygens (including phenoxy) is 1. The van der Waals surface area contributed by atoms with Gasteiger partial charge in [-0.15, -0.1) is 0 Å². The fourth-order valence-corrected chi connectivity index (χ4v) is 3.59. The van der Waals surface area contributed by atoms with Crippen LogP contribution in [0.3, 0.4) is 0 Å². The molecule has 2 amide bonds. The molecule has 0 bridgehead atoms. The first-order valence-corrected chi connectivity index (χ1v) is 10.4. The van der Waals surface area contributed by atoms with E-state index in [1.807, 2.05) is 0 Å². The Balaban J connectivity index is 1.87. The van der Waals surface area contributed by atoms with Gasteiger partial charge < -0.3 is 21.5 Å². The summed E-state index contributed by atoms with van der Waals surface area (Å²) in [4.78, 5) is 31.0. The van der Waals surface area contributed by atoms with Crippen molar-refractivity contribution in [2.75, 3.05) is 39.4 Å². The van der Waals surface area contributed by atoms with Crippen LogP contribution in [0.2, 0.25) is 10.0 Å². The lowest BCUT2D eigenvalue weighted by Gasteiger charge is -2.26. The van der Waals surface area contributed by atoms with Crippen molar-refractivity contribution in [2.24, 2.45) is 16.5 Å². The number of rotatable bonds is 6. The van der Waals surface area contributed by atoms with Crippen LogP contribution in [-0.2, 0) is 4.74 Å². The third-order valence-electron chi connectivity index (χ3n) is 4.73. The van der Waals surface area contributed by atoms with E-state index in [9.17, 15) is 9.59 Å². The number of aliphatic imine (C=N–C) groups is 1. The fourth-order valence-electron chi connectivity index (χ4n) is 3.19. The molecule has 10 heteroatoms. The highest BCUT2D eigenvalue weighted by Gasteiger charge is 2.16. The van der Waals surface area contributed by atoms with E-state index >= 15 is 0 Å². The Bertz CT molecular complexity index is 1000. The molecular formula is C21H23Cl2N5O3. The van der Waals surface area contributed by atoms with Gasteiger partial charge in [-0.05, 0) is 42.0 Å². The van der Waals surface area contributed by atoms with Crippen LogP contribution < -0.4 is 16.8 Å². The van der Waals surface area contributed by atoms with E-state index in [1.165, 1.54) is 6.07 Å². The summed E-state index contributed by atoms with van der Waals surface area (Å²) < 4.78 is 5.32. The molecule has 1 aliphatic heterocycles. The Labute approximate surface area is 190 Å². The molecule has 0 atom stereocenters. The average Bonchev–Trinajstić information content (AvgIpc) is 2.75. The van der Waals surface area contributed by atoms with Gasteiger partial charge in [-0.1, -0.05) is 23.2 Å². The third-order valence-corrected chi connectivity index (χ3v) is 5.29. The molecule has 0 radical (unpaired) electrons. The molecule has 0 aliphatic carbocycles. The van der Waals surface area contributed by atoms with Crippen molar-refractivity contribution in [1.82, 2.24) is 10.2 Å². The Kier molecular flexibility index (Phi) is 7.86. The molecule has 0 aromatic heterocycles. The van der Waals surface area contributed by atoms with Crippen LogP contribution in [0.25, 0.3) is 11.1 Å². The normalized spacial score (nSPS) is 14.1. The zero-order valence-corrected chi connectivity index (χ0v) is 18.2. The predicted molar refractivity (Wildman–Crippen MR) is 122 cm³/mol. The largest absolute Gasteiger partial charge is 0.379 e. The van der Waals surface area contributed by atoms with Crippen LogP contribution in [0.1, 0.15) is 20.7 Å². The van der Waals surface area contributed by atoms with Gasteiger partial charge in [0, 0.05) is 52.9 Å². The summed E-state index contributed by atoms with van der Waals surface area (Å²) in [6, 6.07) is 9.62. The Morgan fingerprint density at radius 1 is 1.06 bits per heavy atom. The van der Waals surface area contributed by atoms with Gasteiger partial charge in [0.1, 0.15) is 0 Å². The summed E-state index contributed by atoms with van der Waals surface area (Å²) in [6.45, 7) is 4.19. The van der Waals surface area contributed by atoms with E-state index in [0.717, 1.165) is 13.1 Å². The van der Waals surface area contributed by atoms with E-state index in [1.54, 1.807) is 30.3 Å². The second kappa shape index (κ2) is 10.6. The molecule has 1 saturated heterocycles. The quantitative estimate of drug-likeness (QED) is 0.445. The zero-order valence-electron chi connectivity index (χ0n) is 16.7. The van der Waals surface area contributed by atoms with Crippen molar-refractivity contribution < 1.29 is 14.3 Å². The SMILES string of the molecule is NC(N)=NC(=O)c1cc(C(=O)NCCN2CCOCC2)cc(-c2cc(Cl)ccc2Cl)c1. The van der Waals surface area contributed by atoms with E-state index in [0.29, 0.717) is 47.5 Å². The van der Waals surface area contributed by atoms with Gasteiger partial charge in [0.15, 0.2) is 5.96 Å². The van der Waals surface area contributed by atoms with Crippen LogP contribution >= 0.6 is 23.2 Å². The number of guanidine groups is 1. The predicted octanol–water partition coefficient (Wildman–Crippen LogP) is 2.14. The summed E-state index contributed by atoms with van der Waals surface area (Å²) >= 11 is 12.4. The Morgan fingerprint density at radius 3 is 2.48 bits per heavy atom. The van der Waals surface area contributed by atoms with Crippen molar-refractivity contribution in [2.45, 2.75) is 0 Å². The van der Waals surface area contributed by atoms with Crippen molar-refractivity contribution in [3.8, 4) is 11.1 Å². The zero-order chi connectivity index (χ0) is 22.4. The molecule has 31 heavy (non-hydrogen) atoms. The number of amides is 2. The van der Waals surface area contributed by atoms with Crippen molar-refractivity contribution in [1.29, 1.82) is 0 Å². The van der Waals surface area contributed by atoms with E-state index < -0.39 is 5.91 Å². The number of carbonyl (C=O) groups is 2. The lowest BCUT2D eigenvalue weighted by Crippen LogP contribution is -2.41. The number of morpholine rings is 1. The van der Waals surface area contributed by atoms with Crippen LogP contribution in [0, 0.1) is 0 Å². The molecule has 2 aromatic carbocycles. The maximum Gasteiger partial charge on any atom is 0.280 e. The molecule has 5 N–H and O–H groups in total. The maximum atomic E-state index is 12.8.